The van der Waals surface area contributed by atoms with Crippen molar-refractivity contribution < 1.29 is 4.79 Å². The predicted molar refractivity (Wildman–Crippen MR) is 119 cm³/mol. The molecule has 0 unspecified atom stereocenters. The van der Waals surface area contributed by atoms with Gasteiger partial charge in [0.15, 0.2) is 0 Å². The Morgan fingerprint density at radius 3 is 2.59 bits per heavy atom. The van der Waals surface area contributed by atoms with Crippen molar-refractivity contribution in [2.24, 2.45) is 5.73 Å². The van der Waals surface area contributed by atoms with Gasteiger partial charge in [-0.25, -0.2) is 0 Å². The van der Waals surface area contributed by atoms with E-state index in [0.29, 0.717) is 36.2 Å². The van der Waals surface area contributed by atoms with Gasteiger partial charge in [-0.15, -0.1) is 0 Å². The van der Waals surface area contributed by atoms with Crippen LogP contribution in [0.1, 0.15) is 24.0 Å². The zero-order valence-corrected chi connectivity index (χ0v) is 16.3. The smallest absolute Gasteiger partial charge is 0.251 e. The highest BCUT2D eigenvalue weighted by Gasteiger charge is 2.18. The molecule has 0 atom stereocenters. The first kappa shape index (κ1) is 20.1. The highest BCUT2D eigenvalue weighted by molar-refractivity contribution is 6.15. The fraction of sp³-hybridized carbons (Fsp3) is 0.167. The second kappa shape index (κ2) is 9.55. The Kier molecular flexibility index (Phi) is 6.63. The lowest BCUT2D eigenvalue weighted by atomic mass is 9.92. The summed E-state index contributed by atoms with van der Waals surface area (Å²) in [6.45, 7) is 0.479. The molecule has 0 aromatic heterocycles. The van der Waals surface area contributed by atoms with Crippen LogP contribution >= 0.6 is 0 Å². The zero-order chi connectivity index (χ0) is 20.6. The fourth-order valence-corrected chi connectivity index (χ4v) is 3.28. The number of para-hydroxylation sites is 1. The average Bonchev–Trinajstić information content (AvgIpc) is 2.75. The third kappa shape index (κ3) is 5.23. The first-order valence-electron chi connectivity index (χ1n) is 9.69. The Hall–Kier alpha value is -3.60. The maximum atomic E-state index is 12.7. The van der Waals surface area contributed by atoms with Crippen molar-refractivity contribution in [1.29, 1.82) is 5.41 Å². The zero-order valence-electron chi connectivity index (χ0n) is 16.3. The van der Waals surface area contributed by atoms with Gasteiger partial charge in [-0.2, -0.15) is 0 Å². The maximum absolute atomic E-state index is 12.7. The molecule has 29 heavy (non-hydrogen) atoms. The number of nitrogen functional groups attached to an aromatic ring is 1. The van der Waals surface area contributed by atoms with Gasteiger partial charge >= 0.3 is 0 Å². The first-order valence-corrected chi connectivity index (χ1v) is 9.69. The monoisotopic (exact) mass is 386 g/mol. The Morgan fingerprint density at radius 2 is 1.83 bits per heavy atom. The molecular formula is C24H26N4O. The Morgan fingerprint density at radius 1 is 1.10 bits per heavy atom. The fourth-order valence-electron chi connectivity index (χ4n) is 3.28. The minimum atomic E-state index is -0.179. The summed E-state index contributed by atoms with van der Waals surface area (Å²) in [5.41, 5.74) is 16.7. The summed E-state index contributed by atoms with van der Waals surface area (Å²) in [6.07, 6.45) is 7.48. The molecule has 5 nitrogen and oxygen atoms in total. The lowest BCUT2D eigenvalue weighted by Crippen LogP contribution is -2.29. The summed E-state index contributed by atoms with van der Waals surface area (Å²) < 4.78 is 0. The van der Waals surface area contributed by atoms with E-state index in [4.69, 9.17) is 16.9 Å². The number of benzene rings is 2. The molecule has 0 heterocycles. The minimum Gasteiger partial charge on any atom is -0.399 e. The highest BCUT2D eigenvalue weighted by Crippen LogP contribution is 2.22. The SMILES string of the molecule is N=C(/C=C(\N)c1ccccc1)C1=C(C(=O)NCCc2ccccc2N)C=CCC1. The van der Waals surface area contributed by atoms with Crippen molar-refractivity contribution in [3.05, 3.63) is 95.1 Å². The third-order valence-corrected chi connectivity index (χ3v) is 4.88. The quantitative estimate of drug-likeness (QED) is 0.432. The molecule has 1 aliphatic carbocycles. The molecule has 1 aliphatic rings. The van der Waals surface area contributed by atoms with Gasteiger partial charge < -0.3 is 22.2 Å². The molecule has 6 N–H and O–H groups in total. The van der Waals surface area contributed by atoms with E-state index in [1.807, 2.05) is 60.7 Å². The number of carbonyl (C=O) groups excluding carboxylic acids is 1. The van der Waals surface area contributed by atoms with Crippen LogP contribution in [0, 0.1) is 5.41 Å². The van der Waals surface area contributed by atoms with Crippen molar-refractivity contribution in [1.82, 2.24) is 5.32 Å². The molecule has 3 rings (SSSR count). The number of allylic oxidation sites excluding steroid dienone is 3. The van der Waals surface area contributed by atoms with Crippen LogP contribution in [-0.4, -0.2) is 18.2 Å². The molecule has 0 saturated carbocycles. The summed E-state index contributed by atoms with van der Waals surface area (Å²) in [6, 6.07) is 17.2. The van der Waals surface area contributed by atoms with Crippen LogP contribution in [0.3, 0.4) is 0 Å². The van der Waals surface area contributed by atoms with E-state index in [9.17, 15) is 4.79 Å². The van der Waals surface area contributed by atoms with Crippen LogP contribution in [0.25, 0.3) is 5.70 Å². The van der Waals surface area contributed by atoms with Gasteiger partial charge in [0.2, 0.25) is 0 Å². The summed E-state index contributed by atoms with van der Waals surface area (Å²) in [5, 5.41) is 11.4. The Bertz CT molecular complexity index is 987. The van der Waals surface area contributed by atoms with Crippen LogP contribution < -0.4 is 16.8 Å². The largest absolute Gasteiger partial charge is 0.399 e. The molecule has 0 saturated heterocycles. The Labute approximate surface area is 171 Å². The van der Waals surface area contributed by atoms with Crippen LogP contribution in [0.15, 0.2) is 84.0 Å². The predicted octanol–water partition coefficient (Wildman–Crippen LogP) is 3.59. The number of nitrogens with one attached hydrogen (secondary N) is 2. The van der Waals surface area contributed by atoms with Gasteiger partial charge in [-0.1, -0.05) is 60.7 Å². The molecule has 0 spiro atoms. The van der Waals surface area contributed by atoms with Gasteiger partial charge in [0.1, 0.15) is 0 Å². The summed E-state index contributed by atoms with van der Waals surface area (Å²) >= 11 is 0. The standard InChI is InChI=1S/C24H26N4O/c25-21-13-7-4-10-18(21)14-15-28-24(29)20-12-6-5-11-19(20)23(27)16-22(26)17-8-2-1-3-9-17/h1-4,6-10,12-13,16,27H,5,11,14-15,25-26H2,(H,28,29)/b22-16-,27-23?. The van der Waals surface area contributed by atoms with Crippen molar-refractivity contribution in [3.63, 3.8) is 0 Å². The van der Waals surface area contributed by atoms with E-state index >= 15 is 0 Å². The van der Waals surface area contributed by atoms with Crippen LogP contribution in [0.4, 0.5) is 5.69 Å². The molecule has 1 amide bonds. The number of hydrogen-bond donors (Lipinski definition) is 4. The lowest BCUT2D eigenvalue weighted by molar-refractivity contribution is -0.117. The van der Waals surface area contributed by atoms with Gasteiger partial charge in [-0.05, 0) is 48.1 Å². The maximum Gasteiger partial charge on any atom is 0.251 e. The molecule has 2 aromatic carbocycles. The van der Waals surface area contributed by atoms with Crippen LogP contribution in [-0.2, 0) is 11.2 Å². The van der Waals surface area contributed by atoms with Crippen LogP contribution in [0.2, 0.25) is 0 Å². The van der Waals surface area contributed by atoms with Gasteiger partial charge in [0, 0.05) is 23.5 Å². The summed E-state index contributed by atoms with van der Waals surface area (Å²) in [7, 11) is 0. The van der Waals surface area contributed by atoms with Gasteiger partial charge in [0.05, 0.1) is 5.71 Å². The number of nitrogens with two attached hydrogens (primary N) is 2. The molecule has 148 valence electrons. The van der Waals surface area contributed by atoms with Crippen molar-refractivity contribution >= 4 is 23.0 Å². The molecule has 0 bridgehead atoms. The van der Waals surface area contributed by atoms with Crippen molar-refractivity contribution in [2.75, 3.05) is 12.3 Å². The minimum absolute atomic E-state index is 0.179. The molecule has 5 heteroatoms. The number of rotatable bonds is 7. The van der Waals surface area contributed by atoms with E-state index in [2.05, 4.69) is 5.32 Å². The first-order chi connectivity index (χ1) is 14.1. The Balaban J connectivity index is 1.71. The molecule has 0 aliphatic heterocycles. The van der Waals surface area contributed by atoms with E-state index < -0.39 is 0 Å². The van der Waals surface area contributed by atoms with Crippen molar-refractivity contribution in [2.45, 2.75) is 19.3 Å². The number of carbonyl (C=O) groups is 1. The van der Waals surface area contributed by atoms with E-state index in [-0.39, 0.29) is 11.6 Å². The molecule has 0 fully saturated rings. The molecular weight excluding hydrogens is 360 g/mol. The lowest BCUT2D eigenvalue weighted by Gasteiger charge is -2.16. The third-order valence-electron chi connectivity index (χ3n) is 4.88. The van der Waals surface area contributed by atoms with Crippen LogP contribution in [0.5, 0.6) is 0 Å². The van der Waals surface area contributed by atoms with E-state index in [1.165, 1.54) is 0 Å². The summed E-state index contributed by atoms with van der Waals surface area (Å²) in [4.78, 5) is 12.7. The molecule has 2 aromatic rings. The van der Waals surface area contributed by atoms with E-state index in [1.54, 1.807) is 12.2 Å². The number of hydrogen-bond acceptors (Lipinski definition) is 4. The average molecular weight is 386 g/mol. The van der Waals surface area contributed by atoms with Gasteiger partial charge in [-0.3, -0.25) is 4.79 Å². The van der Waals surface area contributed by atoms with Gasteiger partial charge in [0.25, 0.3) is 5.91 Å². The second-order valence-corrected chi connectivity index (χ2v) is 6.92. The molecule has 0 radical (unpaired) electrons. The highest BCUT2D eigenvalue weighted by atomic mass is 16.1. The van der Waals surface area contributed by atoms with E-state index in [0.717, 1.165) is 23.2 Å². The second-order valence-electron chi connectivity index (χ2n) is 6.92. The number of anilines is 1. The summed E-state index contributed by atoms with van der Waals surface area (Å²) in [5.74, 6) is -0.179. The number of amides is 1. The van der Waals surface area contributed by atoms with Crippen molar-refractivity contribution in [3.8, 4) is 0 Å². The topological polar surface area (TPSA) is 105 Å². The normalized spacial score (nSPS) is 14.0.